The summed E-state index contributed by atoms with van der Waals surface area (Å²) in [6.07, 6.45) is -0.580. The molecule has 0 aliphatic heterocycles. The highest BCUT2D eigenvalue weighted by Gasteiger charge is 2.24. The van der Waals surface area contributed by atoms with Crippen molar-refractivity contribution in [3.8, 4) is 5.75 Å². The van der Waals surface area contributed by atoms with Crippen LogP contribution in [0.15, 0.2) is 48.5 Å². The van der Waals surface area contributed by atoms with E-state index < -0.39 is 17.7 Å². The third-order valence-electron chi connectivity index (χ3n) is 3.45. The van der Waals surface area contributed by atoms with E-state index in [0.29, 0.717) is 22.7 Å². The normalized spacial score (nSPS) is 10.7. The van der Waals surface area contributed by atoms with Gasteiger partial charge in [0.25, 0.3) is 0 Å². The molecule has 2 aromatic rings. The van der Waals surface area contributed by atoms with Crippen LogP contribution in [0.4, 0.5) is 16.2 Å². The first kappa shape index (κ1) is 20.1. The van der Waals surface area contributed by atoms with Crippen LogP contribution in [0, 0.1) is 0 Å². The number of carbonyl (C=O) groups is 2. The lowest BCUT2D eigenvalue weighted by molar-refractivity contribution is 0.0585. The zero-order valence-corrected chi connectivity index (χ0v) is 16.1. The number of ether oxygens (including phenoxy) is 3. The summed E-state index contributed by atoms with van der Waals surface area (Å²) in [5.41, 5.74) is 3.91. The van der Waals surface area contributed by atoms with Crippen molar-refractivity contribution in [2.75, 3.05) is 24.7 Å². The molecule has 0 aromatic heterocycles. The Morgan fingerprint density at radius 3 is 2.00 bits per heavy atom. The van der Waals surface area contributed by atoms with Crippen LogP contribution in [0.3, 0.4) is 0 Å². The monoisotopic (exact) mass is 372 g/mol. The largest absolute Gasteiger partial charge is 0.497 e. The molecule has 7 nitrogen and oxygen atoms in total. The van der Waals surface area contributed by atoms with E-state index in [1.54, 1.807) is 76.4 Å². The Hall–Kier alpha value is -3.22. The van der Waals surface area contributed by atoms with Gasteiger partial charge in [-0.25, -0.2) is 9.59 Å². The number of rotatable bonds is 5. The van der Waals surface area contributed by atoms with Gasteiger partial charge in [-0.3, -0.25) is 5.43 Å². The van der Waals surface area contributed by atoms with Crippen LogP contribution in [0.1, 0.15) is 31.1 Å². The van der Waals surface area contributed by atoms with E-state index in [-0.39, 0.29) is 0 Å². The lowest BCUT2D eigenvalue weighted by Crippen LogP contribution is -2.40. The molecule has 0 unspecified atom stereocenters. The molecule has 2 aromatic carbocycles. The van der Waals surface area contributed by atoms with E-state index >= 15 is 0 Å². The van der Waals surface area contributed by atoms with E-state index in [2.05, 4.69) is 5.43 Å². The summed E-state index contributed by atoms with van der Waals surface area (Å²) in [6.45, 7) is 5.37. The minimum atomic E-state index is -0.664. The zero-order chi connectivity index (χ0) is 20.0. The fourth-order valence-electron chi connectivity index (χ4n) is 2.18. The quantitative estimate of drug-likeness (QED) is 0.624. The van der Waals surface area contributed by atoms with Gasteiger partial charge < -0.3 is 14.2 Å². The Kier molecular flexibility index (Phi) is 6.28. The lowest BCUT2D eigenvalue weighted by atomic mass is 10.2. The van der Waals surface area contributed by atoms with Crippen LogP contribution in [0.5, 0.6) is 5.75 Å². The van der Waals surface area contributed by atoms with E-state index in [4.69, 9.17) is 14.2 Å². The fourth-order valence-corrected chi connectivity index (χ4v) is 2.18. The summed E-state index contributed by atoms with van der Waals surface area (Å²) in [5, 5.41) is 1.27. The molecular formula is C20H24N2O5. The lowest BCUT2D eigenvalue weighted by Gasteiger charge is -2.28. The van der Waals surface area contributed by atoms with Crippen LogP contribution in [0.25, 0.3) is 0 Å². The van der Waals surface area contributed by atoms with Gasteiger partial charge in [0, 0.05) is 0 Å². The van der Waals surface area contributed by atoms with Crippen LogP contribution >= 0.6 is 0 Å². The Morgan fingerprint density at radius 1 is 0.926 bits per heavy atom. The number of amides is 1. The molecule has 0 atom stereocenters. The SMILES string of the molecule is COC(=O)c1ccc(N(Nc2ccc(OC)cc2)C(=O)OC(C)(C)C)cc1. The molecule has 7 heteroatoms. The minimum absolute atomic E-state index is 0.384. The van der Waals surface area contributed by atoms with Gasteiger partial charge >= 0.3 is 12.1 Å². The van der Waals surface area contributed by atoms with Crippen molar-refractivity contribution in [1.82, 2.24) is 0 Å². The number of anilines is 2. The highest BCUT2D eigenvalue weighted by atomic mass is 16.6. The highest BCUT2D eigenvalue weighted by Crippen LogP contribution is 2.22. The first-order valence-corrected chi connectivity index (χ1v) is 8.35. The molecule has 0 bridgehead atoms. The molecule has 0 saturated heterocycles. The summed E-state index contributed by atoms with van der Waals surface area (Å²) < 4.78 is 15.3. The predicted octanol–water partition coefficient (Wildman–Crippen LogP) is 4.25. The van der Waals surface area contributed by atoms with Crippen molar-refractivity contribution in [1.29, 1.82) is 0 Å². The van der Waals surface area contributed by atoms with Crippen LogP contribution in [-0.2, 0) is 9.47 Å². The molecule has 0 saturated carbocycles. The third kappa shape index (κ3) is 5.64. The first-order valence-electron chi connectivity index (χ1n) is 8.35. The van der Waals surface area contributed by atoms with Gasteiger partial charge in [0.2, 0.25) is 0 Å². The maximum absolute atomic E-state index is 12.7. The predicted molar refractivity (Wildman–Crippen MR) is 103 cm³/mol. The van der Waals surface area contributed by atoms with Crippen molar-refractivity contribution in [2.24, 2.45) is 0 Å². The number of hydrogen-bond acceptors (Lipinski definition) is 6. The number of benzene rings is 2. The number of methoxy groups -OCH3 is 2. The van der Waals surface area contributed by atoms with E-state index in [1.165, 1.54) is 12.1 Å². The Labute approximate surface area is 158 Å². The molecule has 0 aliphatic rings. The molecule has 0 aliphatic carbocycles. The summed E-state index contributed by atoms with van der Waals surface area (Å²) >= 11 is 0. The molecule has 1 amide bonds. The standard InChI is InChI=1S/C20H24N2O5/c1-20(2,3)27-19(24)22(21-15-8-12-17(25-4)13-9-15)16-10-6-14(7-11-16)18(23)26-5/h6-13,21H,1-5H3. The first-order chi connectivity index (χ1) is 12.7. The van der Waals surface area contributed by atoms with E-state index in [9.17, 15) is 9.59 Å². The molecule has 0 spiro atoms. The van der Waals surface area contributed by atoms with Crippen molar-refractivity contribution in [2.45, 2.75) is 26.4 Å². The van der Waals surface area contributed by atoms with Crippen LogP contribution in [0.2, 0.25) is 0 Å². The van der Waals surface area contributed by atoms with Crippen molar-refractivity contribution in [3.63, 3.8) is 0 Å². The van der Waals surface area contributed by atoms with Gasteiger partial charge in [-0.05, 0) is 69.3 Å². The maximum atomic E-state index is 12.7. The topological polar surface area (TPSA) is 77.1 Å². The Bertz CT molecular complexity index is 780. The van der Waals surface area contributed by atoms with Gasteiger partial charge in [-0.2, -0.15) is 5.01 Å². The molecule has 0 heterocycles. The molecule has 144 valence electrons. The number of nitrogens with one attached hydrogen (secondary N) is 1. The molecule has 2 rings (SSSR count). The second-order valence-corrected chi connectivity index (χ2v) is 6.69. The smallest absolute Gasteiger partial charge is 0.433 e. The average Bonchev–Trinajstić information content (AvgIpc) is 2.64. The molecule has 0 radical (unpaired) electrons. The number of hydrazine groups is 1. The number of nitrogens with zero attached hydrogens (tertiary/aromatic N) is 1. The van der Waals surface area contributed by atoms with Crippen LogP contribution in [-0.4, -0.2) is 31.9 Å². The fraction of sp³-hybridized carbons (Fsp3) is 0.300. The summed E-state index contributed by atoms with van der Waals surface area (Å²) in [5.74, 6) is 0.250. The average molecular weight is 372 g/mol. The summed E-state index contributed by atoms with van der Waals surface area (Å²) in [7, 11) is 2.90. The molecule has 1 N–H and O–H groups in total. The maximum Gasteiger partial charge on any atom is 0.433 e. The van der Waals surface area contributed by atoms with Crippen molar-refractivity contribution in [3.05, 3.63) is 54.1 Å². The van der Waals surface area contributed by atoms with Gasteiger partial charge in [0.05, 0.1) is 31.2 Å². The second-order valence-electron chi connectivity index (χ2n) is 6.69. The van der Waals surface area contributed by atoms with Gasteiger partial charge in [-0.1, -0.05) is 0 Å². The number of carbonyl (C=O) groups excluding carboxylic acids is 2. The van der Waals surface area contributed by atoms with E-state index in [0.717, 1.165) is 0 Å². The molecular weight excluding hydrogens is 348 g/mol. The van der Waals surface area contributed by atoms with Gasteiger partial charge in [0.15, 0.2) is 0 Å². The third-order valence-corrected chi connectivity index (χ3v) is 3.45. The van der Waals surface area contributed by atoms with Gasteiger partial charge in [0.1, 0.15) is 11.4 Å². The van der Waals surface area contributed by atoms with Crippen molar-refractivity contribution >= 4 is 23.4 Å². The Morgan fingerprint density at radius 2 is 1.52 bits per heavy atom. The van der Waals surface area contributed by atoms with Crippen LogP contribution < -0.4 is 15.2 Å². The van der Waals surface area contributed by atoms with Gasteiger partial charge in [-0.15, -0.1) is 0 Å². The highest BCUT2D eigenvalue weighted by molar-refractivity contribution is 5.93. The Balaban J connectivity index is 2.30. The zero-order valence-electron chi connectivity index (χ0n) is 16.1. The van der Waals surface area contributed by atoms with E-state index in [1.807, 2.05) is 0 Å². The minimum Gasteiger partial charge on any atom is -0.497 e. The second kappa shape index (κ2) is 8.44. The van der Waals surface area contributed by atoms with Crippen molar-refractivity contribution < 1.29 is 23.8 Å². The number of hydrogen-bond donors (Lipinski definition) is 1. The molecule has 0 fully saturated rings. The summed E-state index contributed by atoms with van der Waals surface area (Å²) in [6, 6.07) is 13.5. The summed E-state index contributed by atoms with van der Waals surface area (Å²) in [4.78, 5) is 24.3. The number of esters is 1. The molecule has 27 heavy (non-hydrogen) atoms.